The van der Waals surface area contributed by atoms with Crippen molar-refractivity contribution < 1.29 is 0 Å². The van der Waals surface area contributed by atoms with E-state index >= 15 is 0 Å². The molecule has 15 heavy (non-hydrogen) atoms. The lowest BCUT2D eigenvalue weighted by Gasteiger charge is -2.03. The van der Waals surface area contributed by atoms with Gasteiger partial charge in [0.2, 0.25) is 0 Å². The zero-order valence-electron chi connectivity index (χ0n) is 7.44. The number of nitrogen functional groups attached to an aromatic ring is 1. The molecule has 0 amide bonds. The predicted octanol–water partition coefficient (Wildman–Crippen LogP) is 0.756. The van der Waals surface area contributed by atoms with Crippen LogP contribution in [0.15, 0.2) is 6.07 Å². The Morgan fingerprint density at radius 2 is 1.33 bits per heavy atom. The molecule has 0 saturated carbocycles. The average Bonchev–Trinajstić information content (AvgIpc) is 2.27. The smallest absolute Gasteiger partial charge is 0.103 e. The lowest BCUT2D eigenvalue weighted by atomic mass is 9.97. The first-order valence-corrected chi connectivity index (χ1v) is 3.76. The number of anilines is 1. The second kappa shape index (κ2) is 3.79. The van der Waals surface area contributed by atoms with Gasteiger partial charge >= 0.3 is 0 Å². The minimum atomic E-state index is -0.142. The van der Waals surface area contributed by atoms with Crippen molar-refractivity contribution in [3.05, 3.63) is 28.3 Å². The minimum absolute atomic E-state index is 0.00514. The summed E-state index contributed by atoms with van der Waals surface area (Å²) < 4.78 is 0. The predicted molar refractivity (Wildman–Crippen MR) is 49.7 cm³/mol. The summed E-state index contributed by atoms with van der Waals surface area (Å²) in [7, 11) is 0. The standard InChI is InChI=1S/C10H3N5/c11-2-6-1-10(15)9(5-14)8(4-13)7(6)3-12/h1H,15H2. The van der Waals surface area contributed by atoms with Gasteiger partial charge in [-0.2, -0.15) is 21.0 Å². The number of hydrogen-bond donors (Lipinski definition) is 1. The maximum atomic E-state index is 8.79. The molecule has 0 unspecified atom stereocenters. The van der Waals surface area contributed by atoms with Crippen molar-refractivity contribution in [1.29, 1.82) is 21.0 Å². The highest BCUT2D eigenvalue weighted by molar-refractivity contribution is 5.71. The summed E-state index contributed by atoms with van der Waals surface area (Å²) in [6.07, 6.45) is 0. The first-order valence-electron chi connectivity index (χ1n) is 3.76. The maximum Gasteiger partial charge on any atom is 0.103 e. The number of benzene rings is 1. The molecule has 0 aliphatic heterocycles. The highest BCUT2D eigenvalue weighted by Crippen LogP contribution is 2.23. The quantitative estimate of drug-likeness (QED) is 0.609. The van der Waals surface area contributed by atoms with Gasteiger partial charge in [0.1, 0.15) is 24.3 Å². The zero-order valence-corrected chi connectivity index (χ0v) is 7.44. The molecule has 0 spiro atoms. The van der Waals surface area contributed by atoms with E-state index < -0.39 is 0 Å². The molecule has 5 heteroatoms. The molecule has 0 aliphatic rings. The monoisotopic (exact) mass is 193 g/mol. The number of nitriles is 4. The van der Waals surface area contributed by atoms with E-state index in [-0.39, 0.29) is 27.9 Å². The molecule has 68 valence electrons. The van der Waals surface area contributed by atoms with Crippen molar-refractivity contribution in [3.8, 4) is 24.3 Å². The van der Waals surface area contributed by atoms with Gasteiger partial charge in [0.15, 0.2) is 0 Å². The summed E-state index contributed by atoms with van der Waals surface area (Å²) in [5.41, 5.74) is 5.20. The van der Waals surface area contributed by atoms with Crippen LogP contribution in [0.25, 0.3) is 0 Å². The van der Waals surface area contributed by atoms with E-state index in [2.05, 4.69) is 0 Å². The van der Waals surface area contributed by atoms with Crippen LogP contribution in [0.2, 0.25) is 0 Å². The van der Waals surface area contributed by atoms with Gasteiger partial charge in [-0.3, -0.25) is 0 Å². The third-order valence-electron chi connectivity index (χ3n) is 1.81. The van der Waals surface area contributed by atoms with Crippen LogP contribution in [0.4, 0.5) is 5.69 Å². The van der Waals surface area contributed by atoms with E-state index in [0.29, 0.717) is 0 Å². The fraction of sp³-hybridized carbons (Fsp3) is 0. The van der Waals surface area contributed by atoms with Crippen molar-refractivity contribution in [3.63, 3.8) is 0 Å². The van der Waals surface area contributed by atoms with Crippen LogP contribution >= 0.6 is 0 Å². The lowest BCUT2D eigenvalue weighted by Crippen LogP contribution is -2.00. The zero-order chi connectivity index (χ0) is 11.4. The Balaban J connectivity index is 3.84. The van der Waals surface area contributed by atoms with Crippen LogP contribution in [-0.4, -0.2) is 0 Å². The van der Waals surface area contributed by atoms with Crippen LogP contribution in [0.5, 0.6) is 0 Å². The Kier molecular flexibility index (Phi) is 2.54. The Labute approximate surface area is 85.8 Å². The summed E-state index contributed by atoms with van der Waals surface area (Å²) in [5, 5.41) is 35.0. The van der Waals surface area contributed by atoms with Gasteiger partial charge in [0.05, 0.1) is 27.9 Å². The van der Waals surface area contributed by atoms with Gasteiger partial charge in [-0.25, -0.2) is 0 Å². The van der Waals surface area contributed by atoms with E-state index in [9.17, 15) is 0 Å². The Bertz CT molecular complexity index is 587. The van der Waals surface area contributed by atoms with Gasteiger partial charge in [-0.05, 0) is 6.07 Å². The topological polar surface area (TPSA) is 121 Å². The number of hydrogen-bond acceptors (Lipinski definition) is 5. The molecular weight excluding hydrogens is 190 g/mol. The Morgan fingerprint density at radius 1 is 0.800 bits per heavy atom. The van der Waals surface area contributed by atoms with Crippen LogP contribution in [0, 0.1) is 45.3 Å². The fourth-order valence-electron chi connectivity index (χ4n) is 1.14. The van der Waals surface area contributed by atoms with Crippen LogP contribution in [0.1, 0.15) is 22.3 Å². The summed E-state index contributed by atoms with van der Waals surface area (Å²) in [4.78, 5) is 0. The van der Waals surface area contributed by atoms with Crippen molar-refractivity contribution >= 4 is 5.69 Å². The molecule has 2 N–H and O–H groups in total. The van der Waals surface area contributed by atoms with E-state index in [1.165, 1.54) is 6.07 Å². The maximum absolute atomic E-state index is 8.79. The first kappa shape index (κ1) is 10.1. The Morgan fingerprint density at radius 3 is 1.73 bits per heavy atom. The average molecular weight is 193 g/mol. The van der Waals surface area contributed by atoms with Gasteiger partial charge in [0, 0.05) is 0 Å². The molecule has 0 aromatic heterocycles. The molecule has 0 saturated heterocycles. The molecular formula is C10H3N5. The van der Waals surface area contributed by atoms with E-state index in [1.807, 2.05) is 0 Å². The highest BCUT2D eigenvalue weighted by Gasteiger charge is 2.16. The summed E-state index contributed by atoms with van der Waals surface area (Å²) in [6, 6.07) is 8.13. The molecule has 1 rings (SSSR count). The minimum Gasteiger partial charge on any atom is -0.398 e. The third kappa shape index (κ3) is 1.42. The largest absolute Gasteiger partial charge is 0.398 e. The number of nitrogens with two attached hydrogens (primary N) is 1. The lowest BCUT2D eigenvalue weighted by molar-refractivity contribution is 1.37. The normalized spacial score (nSPS) is 8.00. The summed E-state index contributed by atoms with van der Waals surface area (Å²) in [5.74, 6) is 0. The van der Waals surface area contributed by atoms with E-state index in [4.69, 9.17) is 26.8 Å². The molecule has 0 radical (unpaired) electrons. The van der Waals surface area contributed by atoms with Crippen molar-refractivity contribution in [1.82, 2.24) is 0 Å². The van der Waals surface area contributed by atoms with Crippen molar-refractivity contribution in [2.75, 3.05) is 5.73 Å². The summed E-state index contributed by atoms with van der Waals surface area (Å²) in [6.45, 7) is 0. The van der Waals surface area contributed by atoms with Crippen molar-refractivity contribution in [2.45, 2.75) is 0 Å². The molecule has 1 aromatic carbocycles. The second-order valence-corrected chi connectivity index (χ2v) is 2.59. The third-order valence-corrected chi connectivity index (χ3v) is 1.81. The Hall–Kier alpha value is -3.02. The van der Waals surface area contributed by atoms with Gasteiger partial charge < -0.3 is 5.73 Å². The second-order valence-electron chi connectivity index (χ2n) is 2.59. The van der Waals surface area contributed by atoms with Gasteiger partial charge in [-0.15, -0.1) is 0 Å². The highest BCUT2D eigenvalue weighted by atomic mass is 14.6. The first-order chi connectivity index (χ1) is 7.19. The fourth-order valence-corrected chi connectivity index (χ4v) is 1.14. The number of nitrogens with zero attached hydrogens (tertiary/aromatic N) is 4. The summed E-state index contributed by atoms with van der Waals surface area (Å²) >= 11 is 0. The van der Waals surface area contributed by atoms with E-state index in [1.54, 1.807) is 24.3 Å². The van der Waals surface area contributed by atoms with Gasteiger partial charge in [-0.1, -0.05) is 0 Å². The molecule has 0 fully saturated rings. The molecule has 0 aliphatic carbocycles. The molecule has 5 nitrogen and oxygen atoms in total. The van der Waals surface area contributed by atoms with Crippen LogP contribution in [0.3, 0.4) is 0 Å². The van der Waals surface area contributed by atoms with E-state index in [0.717, 1.165) is 0 Å². The molecule has 0 atom stereocenters. The SMILES string of the molecule is N#Cc1cc(N)c(C#N)c(C#N)c1C#N. The molecule has 0 bridgehead atoms. The molecule has 0 heterocycles. The van der Waals surface area contributed by atoms with Crippen LogP contribution < -0.4 is 5.73 Å². The van der Waals surface area contributed by atoms with Gasteiger partial charge in [0.25, 0.3) is 0 Å². The number of rotatable bonds is 0. The van der Waals surface area contributed by atoms with Crippen LogP contribution in [-0.2, 0) is 0 Å². The molecule has 1 aromatic rings. The van der Waals surface area contributed by atoms with Crippen molar-refractivity contribution in [2.24, 2.45) is 0 Å².